The summed E-state index contributed by atoms with van der Waals surface area (Å²) in [4.78, 5) is 24.6. The van der Waals surface area contributed by atoms with Gasteiger partial charge in [0.2, 0.25) is 0 Å². The highest BCUT2D eigenvalue weighted by molar-refractivity contribution is 9.10. The molecule has 0 bridgehead atoms. The molecule has 1 saturated heterocycles. The van der Waals surface area contributed by atoms with Crippen LogP contribution in [-0.4, -0.2) is 38.7 Å². The number of rotatable bonds is 5. The molecule has 2 N–H and O–H groups in total. The maximum atomic E-state index is 12.3. The molecular formula is C21H23BrN2O4. The van der Waals surface area contributed by atoms with Crippen molar-refractivity contribution in [3.63, 3.8) is 0 Å². The molecule has 1 heterocycles. The van der Waals surface area contributed by atoms with Crippen LogP contribution in [0.3, 0.4) is 0 Å². The van der Waals surface area contributed by atoms with Crippen molar-refractivity contribution in [2.45, 2.75) is 18.3 Å². The first-order valence-electron chi connectivity index (χ1n) is 9.09. The monoisotopic (exact) mass is 446 g/mol. The first kappa shape index (κ1) is 20.4. The number of nitrogens with one attached hydrogen (secondary N) is 2. The fourth-order valence-electron chi connectivity index (χ4n) is 3.33. The molecule has 0 aliphatic carbocycles. The third-order valence-corrected chi connectivity index (χ3v) is 5.58. The molecule has 3 rings (SSSR count). The molecule has 2 aromatic carbocycles. The average molecular weight is 447 g/mol. The summed E-state index contributed by atoms with van der Waals surface area (Å²) in [5.74, 6) is -0.551. The normalized spacial score (nSPS) is 15.5. The van der Waals surface area contributed by atoms with Crippen molar-refractivity contribution in [3.8, 4) is 5.75 Å². The van der Waals surface area contributed by atoms with E-state index in [-0.39, 0.29) is 5.41 Å². The van der Waals surface area contributed by atoms with E-state index in [4.69, 9.17) is 9.47 Å². The number of anilines is 1. The van der Waals surface area contributed by atoms with Crippen LogP contribution in [0.1, 0.15) is 18.4 Å². The zero-order valence-electron chi connectivity index (χ0n) is 15.7. The lowest BCUT2D eigenvalue weighted by Gasteiger charge is -2.38. The predicted octanol–water partition coefficient (Wildman–Crippen LogP) is 3.26. The van der Waals surface area contributed by atoms with Crippen molar-refractivity contribution in [1.29, 1.82) is 0 Å². The fraction of sp³-hybridized carbons (Fsp3) is 0.333. The van der Waals surface area contributed by atoms with Crippen molar-refractivity contribution >= 4 is 33.4 Å². The van der Waals surface area contributed by atoms with Crippen LogP contribution in [-0.2, 0) is 19.7 Å². The number of carbonyl (C=O) groups is 2. The van der Waals surface area contributed by atoms with Gasteiger partial charge in [-0.3, -0.25) is 9.59 Å². The molecule has 6 nitrogen and oxygen atoms in total. The van der Waals surface area contributed by atoms with Gasteiger partial charge >= 0.3 is 11.8 Å². The van der Waals surface area contributed by atoms with E-state index < -0.39 is 11.8 Å². The summed E-state index contributed by atoms with van der Waals surface area (Å²) in [6.45, 7) is 1.61. The molecule has 0 aromatic heterocycles. The van der Waals surface area contributed by atoms with Crippen molar-refractivity contribution < 1.29 is 19.1 Å². The maximum absolute atomic E-state index is 12.3. The number of hydrogen-bond acceptors (Lipinski definition) is 4. The highest BCUT2D eigenvalue weighted by atomic mass is 79.9. The third kappa shape index (κ3) is 4.91. The zero-order chi connectivity index (χ0) is 20.0. The van der Waals surface area contributed by atoms with Crippen LogP contribution in [0, 0.1) is 0 Å². The lowest BCUT2D eigenvalue weighted by Crippen LogP contribution is -2.47. The number of halogens is 1. The second kappa shape index (κ2) is 9.21. The number of methoxy groups -OCH3 is 1. The summed E-state index contributed by atoms with van der Waals surface area (Å²) in [6.07, 6.45) is 1.54. The van der Waals surface area contributed by atoms with Gasteiger partial charge in [-0.15, -0.1) is 0 Å². The summed E-state index contributed by atoms with van der Waals surface area (Å²) < 4.78 is 11.6. The zero-order valence-corrected chi connectivity index (χ0v) is 17.3. The number of benzene rings is 2. The molecule has 28 heavy (non-hydrogen) atoms. The minimum Gasteiger partial charge on any atom is -0.497 e. The molecule has 148 valence electrons. The Labute approximate surface area is 172 Å². The predicted molar refractivity (Wildman–Crippen MR) is 111 cm³/mol. The minimum absolute atomic E-state index is 0.266. The Morgan fingerprint density at radius 1 is 1.04 bits per heavy atom. The van der Waals surface area contributed by atoms with Crippen LogP contribution in [0.5, 0.6) is 5.75 Å². The molecule has 7 heteroatoms. The van der Waals surface area contributed by atoms with Gasteiger partial charge in [0.1, 0.15) is 5.75 Å². The van der Waals surface area contributed by atoms with E-state index in [9.17, 15) is 9.59 Å². The van der Waals surface area contributed by atoms with E-state index in [1.54, 1.807) is 31.4 Å². The van der Waals surface area contributed by atoms with Crippen LogP contribution >= 0.6 is 15.9 Å². The highest BCUT2D eigenvalue weighted by Crippen LogP contribution is 2.35. The van der Waals surface area contributed by atoms with Gasteiger partial charge in [0.15, 0.2) is 0 Å². The molecule has 0 atom stereocenters. The van der Waals surface area contributed by atoms with E-state index >= 15 is 0 Å². The van der Waals surface area contributed by atoms with E-state index in [1.807, 2.05) is 24.3 Å². The van der Waals surface area contributed by atoms with Crippen LogP contribution in [0.15, 0.2) is 53.0 Å². The van der Waals surface area contributed by atoms with Crippen molar-refractivity contribution in [2.24, 2.45) is 0 Å². The Kier molecular flexibility index (Phi) is 6.70. The van der Waals surface area contributed by atoms with Gasteiger partial charge in [-0.05, 0) is 54.8 Å². The molecule has 0 radical (unpaired) electrons. The van der Waals surface area contributed by atoms with Crippen LogP contribution in [0.2, 0.25) is 0 Å². The summed E-state index contributed by atoms with van der Waals surface area (Å²) in [6, 6.07) is 14.9. The summed E-state index contributed by atoms with van der Waals surface area (Å²) in [7, 11) is 1.63. The number of amides is 2. The fourth-order valence-corrected chi connectivity index (χ4v) is 3.59. The standard InChI is InChI=1S/C21H23BrN2O4/c1-27-18-8-2-15(3-9-18)21(10-12-28-13-11-21)14-23-19(25)20(26)24-17-6-4-16(22)5-7-17/h2-9H,10-14H2,1H3,(H,23,25)(H,24,26). The van der Waals surface area contributed by atoms with Crippen molar-refractivity contribution in [2.75, 3.05) is 32.2 Å². The lowest BCUT2D eigenvalue weighted by molar-refractivity contribution is -0.136. The molecule has 0 saturated carbocycles. The Bertz CT molecular complexity index is 815. The van der Waals surface area contributed by atoms with Gasteiger partial charge in [-0.2, -0.15) is 0 Å². The van der Waals surface area contributed by atoms with E-state index in [1.165, 1.54) is 0 Å². The molecule has 2 aromatic rings. The Hall–Kier alpha value is -2.38. The van der Waals surface area contributed by atoms with Gasteiger partial charge in [0, 0.05) is 35.3 Å². The SMILES string of the molecule is COc1ccc(C2(CNC(=O)C(=O)Nc3ccc(Br)cc3)CCOCC2)cc1. The highest BCUT2D eigenvalue weighted by Gasteiger charge is 2.35. The van der Waals surface area contributed by atoms with Gasteiger partial charge < -0.3 is 20.1 Å². The number of hydrogen-bond donors (Lipinski definition) is 2. The summed E-state index contributed by atoms with van der Waals surface area (Å²) in [5, 5.41) is 5.42. The Morgan fingerprint density at radius 3 is 2.29 bits per heavy atom. The van der Waals surface area contributed by atoms with Crippen molar-refractivity contribution in [3.05, 3.63) is 58.6 Å². The van der Waals surface area contributed by atoms with Gasteiger partial charge in [0.25, 0.3) is 0 Å². The van der Waals surface area contributed by atoms with Gasteiger partial charge in [-0.1, -0.05) is 28.1 Å². The maximum Gasteiger partial charge on any atom is 0.313 e. The molecule has 2 amide bonds. The minimum atomic E-state index is -0.681. The first-order valence-corrected chi connectivity index (χ1v) is 9.89. The van der Waals surface area contributed by atoms with Crippen molar-refractivity contribution in [1.82, 2.24) is 5.32 Å². The number of carbonyl (C=O) groups excluding carboxylic acids is 2. The van der Waals surface area contributed by atoms with E-state index in [0.29, 0.717) is 25.4 Å². The molecule has 1 aliphatic heterocycles. The van der Waals surface area contributed by atoms with Gasteiger partial charge in [0.05, 0.1) is 7.11 Å². The molecule has 1 fully saturated rings. The van der Waals surface area contributed by atoms with E-state index in [2.05, 4.69) is 26.6 Å². The smallest absolute Gasteiger partial charge is 0.313 e. The molecule has 1 aliphatic rings. The van der Waals surface area contributed by atoms with E-state index in [0.717, 1.165) is 28.6 Å². The first-order chi connectivity index (χ1) is 13.5. The van der Waals surface area contributed by atoms with Gasteiger partial charge in [-0.25, -0.2) is 0 Å². The number of ether oxygens (including phenoxy) is 2. The average Bonchev–Trinajstić information content (AvgIpc) is 2.74. The van der Waals surface area contributed by atoms with Crippen LogP contribution < -0.4 is 15.4 Å². The largest absolute Gasteiger partial charge is 0.497 e. The molecular weight excluding hydrogens is 424 g/mol. The second-order valence-electron chi connectivity index (χ2n) is 6.76. The van der Waals surface area contributed by atoms with Crippen LogP contribution in [0.25, 0.3) is 0 Å². The lowest BCUT2D eigenvalue weighted by atomic mass is 9.74. The Balaban J connectivity index is 1.66. The topological polar surface area (TPSA) is 76.7 Å². The Morgan fingerprint density at radius 2 is 1.68 bits per heavy atom. The third-order valence-electron chi connectivity index (χ3n) is 5.05. The molecule has 0 unspecified atom stereocenters. The molecule has 0 spiro atoms. The second-order valence-corrected chi connectivity index (χ2v) is 7.68. The van der Waals surface area contributed by atoms with Crippen LogP contribution in [0.4, 0.5) is 5.69 Å². The summed E-state index contributed by atoms with van der Waals surface area (Å²) in [5.41, 5.74) is 1.41. The summed E-state index contributed by atoms with van der Waals surface area (Å²) >= 11 is 3.34. The quantitative estimate of drug-likeness (QED) is 0.690.